The van der Waals surface area contributed by atoms with Crippen LogP contribution in [0.1, 0.15) is 25.8 Å². The number of carbonyl (C=O) groups excluding carboxylic acids is 1. The van der Waals surface area contributed by atoms with E-state index in [1.54, 1.807) is 0 Å². The summed E-state index contributed by atoms with van der Waals surface area (Å²) in [7, 11) is 0. The van der Waals surface area contributed by atoms with Gasteiger partial charge in [-0.2, -0.15) is 0 Å². The zero-order valence-electron chi connectivity index (χ0n) is 15.8. The highest BCUT2D eigenvalue weighted by Crippen LogP contribution is 2.24. The molecule has 0 aliphatic carbocycles. The van der Waals surface area contributed by atoms with Gasteiger partial charge in [-0.3, -0.25) is 4.79 Å². The maximum atomic E-state index is 12.4. The number of amides is 1. The number of ether oxygens (including phenoxy) is 2. The first-order chi connectivity index (χ1) is 12.5. The van der Waals surface area contributed by atoms with Gasteiger partial charge in [0.1, 0.15) is 17.2 Å². The van der Waals surface area contributed by atoms with Crippen molar-refractivity contribution in [2.24, 2.45) is 11.8 Å². The first-order valence-electron chi connectivity index (χ1n) is 9.25. The summed E-state index contributed by atoms with van der Waals surface area (Å²) in [6, 6.07) is 15.3. The second-order valence-corrected chi connectivity index (χ2v) is 7.42. The summed E-state index contributed by atoms with van der Waals surface area (Å²) in [5.41, 5.74) is 1.20. The van der Waals surface area contributed by atoms with E-state index in [4.69, 9.17) is 9.47 Å². The lowest BCUT2D eigenvalue weighted by Crippen LogP contribution is -2.44. The van der Waals surface area contributed by atoms with E-state index in [-0.39, 0.29) is 12.5 Å². The van der Waals surface area contributed by atoms with E-state index in [1.165, 1.54) is 12.0 Å². The molecule has 1 amide bonds. The summed E-state index contributed by atoms with van der Waals surface area (Å²) in [6.07, 6.45) is 1.19. The summed E-state index contributed by atoms with van der Waals surface area (Å²) >= 11 is 0. The van der Waals surface area contributed by atoms with E-state index < -0.39 is 0 Å². The molecular formula is C22H27NO3. The number of hydrogen-bond donors (Lipinski definition) is 0. The Hall–Kier alpha value is -2.49. The number of rotatable bonds is 5. The van der Waals surface area contributed by atoms with Gasteiger partial charge in [0.05, 0.1) is 0 Å². The van der Waals surface area contributed by atoms with Crippen LogP contribution < -0.4 is 9.47 Å². The van der Waals surface area contributed by atoms with Gasteiger partial charge < -0.3 is 14.4 Å². The van der Waals surface area contributed by atoms with Gasteiger partial charge in [0.2, 0.25) is 0 Å². The largest absolute Gasteiger partial charge is 0.484 e. The summed E-state index contributed by atoms with van der Waals surface area (Å²) in [6.45, 7) is 8.18. The van der Waals surface area contributed by atoms with Gasteiger partial charge in [-0.1, -0.05) is 31.5 Å². The predicted molar refractivity (Wildman–Crippen MR) is 103 cm³/mol. The second-order valence-electron chi connectivity index (χ2n) is 7.42. The average Bonchev–Trinajstić information content (AvgIpc) is 2.62. The SMILES string of the molecule is Cc1ccc(Oc2ccc(OCC(=O)N3C[C@H](C)C[C@H](C)C3)cc2)cc1. The fourth-order valence-electron chi connectivity index (χ4n) is 3.45. The normalized spacial score (nSPS) is 19.9. The van der Waals surface area contributed by atoms with Crippen molar-refractivity contribution in [2.45, 2.75) is 27.2 Å². The van der Waals surface area contributed by atoms with Gasteiger partial charge in [-0.25, -0.2) is 0 Å². The maximum Gasteiger partial charge on any atom is 0.260 e. The molecule has 0 bridgehead atoms. The monoisotopic (exact) mass is 353 g/mol. The van der Waals surface area contributed by atoms with Gasteiger partial charge in [-0.15, -0.1) is 0 Å². The number of piperidine rings is 1. The molecule has 1 aliphatic heterocycles. The molecule has 3 rings (SSSR count). The topological polar surface area (TPSA) is 38.8 Å². The summed E-state index contributed by atoms with van der Waals surface area (Å²) in [5.74, 6) is 3.39. The molecule has 2 atom stereocenters. The van der Waals surface area contributed by atoms with Crippen molar-refractivity contribution >= 4 is 5.91 Å². The Morgan fingerprint density at radius 1 is 0.923 bits per heavy atom. The quantitative estimate of drug-likeness (QED) is 0.784. The molecule has 0 unspecified atom stereocenters. The van der Waals surface area contributed by atoms with Crippen LogP contribution in [-0.2, 0) is 4.79 Å². The van der Waals surface area contributed by atoms with Gasteiger partial charge >= 0.3 is 0 Å². The molecule has 1 aliphatic rings. The van der Waals surface area contributed by atoms with Crippen molar-refractivity contribution < 1.29 is 14.3 Å². The van der Waals surface area contributed by atoms with Crippen molar-refractivity contribution in [1.82, 2.24) is 4.90 Å². The van der Waals surface area contributed by atoms with E-state index in [0.29, 0.717) is 17.6 Å². The van der Waals surface area contributed by atoms with Crippen LogP contribution in [0.5, 0.6) is 17.2 Å². The molecular weight excluding hydrogens is 326 g/mol. The summed E-state index contributed by atoms with van der Waals surface area (Å²) in [4.78, 5) is 14.3. The van der Waals surface area contributed by atoms with E-state index in [1.807, 2.05) is 60.4 Å². The molecule has 2 aromatic carbocycles. The first-order valence-corrected chi connectivity index (χ1v) is 9.25. The smallest absolute Gasteiger partial charge is 0.260 e. The third-order valence-corrected chi connectivity index (χ3v) is 4.66. The van der Waals surface area contributed by atoms with Gasteiger partial charge in [0, 0.05) is 13.1 Å². The van der Waals surface area contributed by atoms with Crippen LogP contribution in [0.2, 0.25) is 0 Å². The zero-order valence-corrected chi connectivity index (χ0v) is 15.8. The van der Waals surface area contributed by atoms with Gasteiger partial charge in [-0.05, 0) is 61.6 Å². The van der Waals surface area contributed by atoms with Crippen LogP contribution in [-0.4, -0.2) is 30.5 Å². The highest BCUT2D eigenvalue weighted by Gasteiger charge is 2.25. The lowest BCUT2D eigenvalue weighted by molar-refractivity contribution is -0.136. The third-order valence-electron chi connectivity index (χ3n) is 4.66. The summed E-state index contributed by atoms with van der Waals surface area (Å²) < 4.78 is 11.5. The minimum atomic E-state index is 0.0587. The van der Waals surface area contributed by atoms with Crippen molar-refractivity contribution in [2.75, 3.05) is 19.7 Å². The molecule has 0 aromatic heterocycles. The molecule has 0 radical (unpaired) electrons. The third kappa shape index (κ3) is 5.01. The van der Waals surface area contributed by atoms with Crippen LogP contribution >= 0.6 is 0 Å². The van der Waals surface area contributed by atoms with Crippen molar-refractivity contribution in [3.63, 3.8) is 0 Å². The molecule has 0 saturated carbocycles. The molecule has 1 fully saturated rings. The lowest BCUT2D eigenvalue weighted by atomic mass is 9.92. The highest BCUT2D eigenvalue weighted by molar-refractivity contribution is 5.77. The fraction of sp³-hybridized carbons (Fsp3) is 0.409. The molecule has 4 nitrogen and oxygen atoms in total. The Bertz CT molecular complexity index is 714. The number of carbonyl (C=O) groups is 1. The Morgan fingerprint density at radius 2 is 1.42 bits per heavy atom. The molecule has 4 heteroatoms. The van der Waals surface area contributed by atoms with E-state index in [9.17, 15) is 4.79 Å². The summed E-state index contributed by atoms with van der Waals surface area (Å²) in [5, 5.41) is 0. The molecule has 2 aromatic rings. The number of benzene rings is 2. The fourth-order valence-corrected chi connectivity index (χ4v) is 3.45. The minimum Gasteiger partial charge on any atom is -0.484 e. The van der Waals surface area contributed by atoms with E-state index in [2.05, 4.69) is 13.8 Å². The number of hydrogen-bond acceptors (Lipinski definition) is 3. The molecule has 1 heterocycles. The second kappa shape index (κ2) is 8.26. The van der Waals surface area contributed by atoms with E-state index in [0.717, 1.165) is 24.6 Å². The zero-order chi connectivity index (χ0) is 18.5. The number of likely N-dealkylation sites (tertiary alicyclic amines) is 1. The van der Waals surface area contributed by atoms with Crippen LogP contribution in [0.25, 0.3) is 0 Å². The van der Waals surface area contributed by atoms with Crippen LogP contribution in [0, 0.1) is 18.8 Å². The minimum absolute atomic E-state index is 0.0587. The Kier molecular flexibility index (Phi) is 5.82. The number of aryl methyl sites for hydroxylation is 1. The van der Waals surface area contributed by atoms with Crippen molar-refractivity contribution in [3.8, 4) is 17.2 Å². The van der Waals surface area contributed by atoms with Gasteiger partial charge in [0.25, 0.3) is 5.91 Å². The van der Waals surface area contributed by atoms with Crippen molar-refractivity contribution in [1.29, 1.82) is 0 Å². The molecule has 26 heavy (non-hydrogen) atoms. The predicted octanol–water partition coefficient (Wildman–Crippen LogP) is 4.67. The van der Waals surface area contributed by atoms with Crippen molar-refractivity contribution in [3.05, 3.63) is 54.1 Å². The Balaban J connectivity index is 1.51. The van der Waals surface area contributed by atoms with Crippen LogP contribution in [0.15, 0.2) is 48.5 Å². The number of nitrogens with zero attached hydrogens (tertiary/aromatic N) is 1. The first kappa shape index (κ1) is 18.3. The standard InChI is InChI=1S/C22H27NO3/c1-16-4-6-20(7-5-16)26-21-10-8-19(9-11-21)25-15-22(24)23-13-17(2)12-18(3)14-23/h4-11,17-18H,12-15H2,1-3H3/t17-,18+. The lowest BCUT2D eigenvalue weighted by Gasteiger charge is -2.34. The average molecular weight is 353 g/mol. The van der Waals surface area contributed by atoms with Crippen LogP contribution in [0.3, 0.4) is 0 Å². The van der Waals surface area contributed by atoms with Crippen LogP contribution in [0.4, 0.5) is 0 Å². The highest BCUT2D eigenvalue weighted by atomic mass is 16.5. The molecule has 138 valence electrons. The van der Waals surface area contributed by atoms with Gasteiger partial charge in [0.15, 0.2) is 6.61 Å². The molecule has 0 N–H and O–H groups in total. The molecule has 0 spiro atoms. The Morgan fingerprint density at radius 3 is 2.00 bits per heavy atom. The molecule has 1 saturated heterocycles. The Labute approximate surface area is 155 Å². The maximum absolute atomic E-state index is 12.4. The van der Waals surface area contributed by atoms with E-state index >= 15 is 0 Å².